The summed E-state index contributed by atoms with van der Waals surface area (Å²) in [7, 11) is 0. The molecule has 0 fully saturated rings. The van der Waals surface area contributed by atoms with Crippen molar-refractivity contribution in [3.05, 3.63) is 47.5 Å². The van der Waals surface area contributed by atoms with Crippen LogP contribution < -0.4 is 5.32 Å². The Morgan fingerprint density at radius 1 is 1.10 bits per heavy atom. The molecule has 2 rings (SSSR count). The first-order valence-electron chi connectivity index (χ1n) is 7.40. The van der Waals surface area contributed by atoms with Crippen molar-refractivity contribution in [2.75, 3.05) is 0 Å². The van der Waals surface area contributed by atoms with E-state index >= 15 is 0 Å². The lowest BCUT2D eigenvalue weighted by Crippen LogP contribution is -2.15. The summed E-state index contributed by atoms with van der Waals surface area (Å²) < 4.78 is 2.09. The molecule has 0 atom stereocenters. The highest BCUT2D eigenvalue weighted by atomic mass is 15.3. The van der Waals surface area contributed by atoms with Crippen LogP contribution in [0.1, 0.15) is 49.8 Å². The Balaban J connectivity index is 1.85. The van der Waals surface area contributed by atoms with Gasteiger partial charge in [0.15, 0.2) is 0 Å². The summed E-state index contributed by atoms with van der Waals surface area (Å²) in [6.45, 7) is 7.98. The fourth-order valence-corrected chi connectivity index (χ4v) is 2.35. The highest BCUT2D eigenvalue weighted by molar-refractivity contribution is 5.10. The molecular formula is C16H24N4. The van der Waals surface area contributed by atoms with Crippen LogP contribution in [0.15, 0.2) is 30.5 Å². The minimum absolute atomic E-state index is 0.516. The molecule has 0 unspecified atom stereocenters. The van der Waals surface area contributed by atoms with Crippen LogP contribution in [0, 0.1) is 6.92 Å². The molecule has 2 aromatic rings. The van der Waals surface area contributed by atoms with E-state index < -0.39 is 0 Å². The van der Waals surface area contributed by atoms with E-state index in [1.54, 1.807) is 0 Å². The molecule has 0 aliphatic carbocycles. The lowest BCUT2D eigenvalue weighted by molar-refractivity contribution is 0.424. The van der Waals surface area contributed by atoms with Crippen LogP contribution in [-0.4, -0.2) is 14.8 Å². The van der Waals surface area contributed by atoms with Gasteiger partial charge >= 0.3 is 0 Å². The van der Waals surface area contributed by atoms with Gasteiger partial charge in [0.2, 0.25) is 0 Å². The van der Waals surface area contributed by atoms with Gasteiger partial charge in [-0.15, -0.1) is 0 Å². The van der Waals surface area contributed by atoms with Crippen LogP contribution >= 0.6 is 0 Å². The number of aromatic nitrogens is 3. The Bertz CT molecular complexity index is 529. The first-order valence-corrected chi connectivity index (χ1v) is 7.40. The summed E-state index contributed by atoms with van der Waals surface area (Å²) in [5, 5.41) is 8.03. The predicted octanol–water partition coefficient (Wildman–Crippen LogP) is 3.24. The summed E-state index contributed by atoms with van der Waals surface area (Å²) in [5.74, 6) is 0. The smallest absolute Gasteiger partial charge is 0.0762 e. The molecule has 0 saturated carbocycles. The van der Waals surface area contributed by atoms with Crippen molar-refractivity contribution < 1.29 is 0 Å². The topological polar surface area (TPSA) is 42.7 Å². The van der Waals surface area contributed by atoms with Crippen molar-refractivity contribution in [3.8, 4) is 0 Å². The number of rotatable bonds is 7. The number of hydrogen-bond donors (Lipinski definition) is 1. The molecule has 0 amide bonds. The first kappa shape index (κ1) is 14.7. The first-order chi connectivity index (χ1) is 9.72. The van der Waals surface area contributed by atoms with Gasteiger partial charge in [-0.2, -0.15) is 5.10 Å². The monoisotopic (exact) mass is 272 g/mol. The van der Waals surface area contributed by atoms with E-state index in [0.717, 1.165) is 43.0 Å². The van der Waals surface area contributed by atoms with Crippen molar-refractivity contribution in [1.82, 2.24) is 20.1 Å². The van der Waals surface area contributed by atoms with E-state index in [9.17, 15) is 0 Å². The highest BCUT2D eigenvalue weighted by Gasteiger charge is 2.07. The predicted molar refractivity (Wildman–Crippen MR) is 81.4 cm³/mol. The van der Waals surface area contributed by atoms with E-state index in [1.165, 1.54) is 0 Å². The van der Waals surface area contributed by atoms with Gasteiger partial charge in [0.05, 0.1) is 17.4 Å². The molecule has 0 saturated heterocycles. The fraction of sp³-hybridized carbons (Fsp3) is 0.500. The number of aryl methyl sites for hydroxylation is 1. The molecule has 1 N–H and O–H groups in total. The minimum atomic E-state index is 0.516. The third-order valence-electron chi connectivity index (χ3n) is 3.54. The van der Waals surface area contributed by atoms with Gasteiger partial charge < -0.3 is 5.32 Å². The number of nitrogens with one attached hydrogen (secondary N) is 1. The molecule has 20 heavy (non-hydrogen) atoms. The molecule has 4 heteroatoms. The molecule has 0 bridgehead atoms. The van der Waals surface area contributed by atoms with Gasteiger partial charge in [-0.1, -0.05) is 19.9 Å². The Hall–Kier alpha value is -1.68. The van der Waals surface area contributed by atoms with Gasteiger partial charge in [0.25, 0.3) is 0 Å². The van der Waals surface area contributed by atoms with E-state index in [2.05, 4.69) is 46.2 Å². The molecule has 0 aromatic carbocycles. The van der Waals surface area contributed by atoms with Gasteiger partial charge in [-0.3, -0.25) is 9.67 Å². The number of nitrogens with zero attached hydrogens (tertiary/aromatic N) is 3. The minimum Gasteiger partial charge on any atom is -0.305 e. The Morgan fingerprint density at radius 3 is 2.55 bits per heavy atom. The van der Waals surface area contributed by atoms with Gasteiger partial charge in [0.1, 0.15) is 0 Å². The largest absolute Gasteiger partial charge is 0.305 e. The van der Waals surface area contributed by atoms with E-state index in [1.807, 2.05) is 25.1 Å². The Labute approximate surface area is 121 Å². The summed E-state index contributed by atoms with van der Waals surface area (Å²) >= 11 is 0. The zero-order valence-electron chi connectivity index (χ0n) is 12.6. The summed E-state index contributed by atoms with van der Waals surface area (Å²) in [6.07, 6.45) is 4.33. The SMILES string of the molecule is CCC(CC)n1ccc(CNCc2cccc(C)n2)n1. The summed E-state index contributed by atoms with van der Waals surface area (Å²) in [5.41, 5.74) is 3.22. The fourth-order valence-electron chi connectivity index (χ4n) is 2.35. The second-order valence-corrected chi connectivity index (χ2v) is 5.13. The third-order valence-corrected chi connectivity index (χ3v) is 3.54. The van der Waals surface area contributed by atoms with Crippen LogP contribution in [-0.2, 0) is 13.1 Å². The third kappa shape index (κ3) is 3.90. The van der Waals surface area contributed by atoms with Crippen LogP contribution in [0.25, 0.3) is 0 Å². The molecule has 2 aromatic heterocycles. The van der Waals surface area contributed by atoms with E-state index in [4.69, 9.17) is 0 Å². The average Bonchev–Trinajstić information content (AvgIpc) is 2.89. The number of pyridine rings is 1. The maximum Gasteiger partial charge on any atom is 0.0762 e. The van der Waals surface area contributed by atoms with Gasteiger partial charge in [-0.25, -0.2) is 0 Å². The lowest BCUT2D eigenvalue weighted by Gasteiger charge is -2.12. The van der Waals surface area contributed by atoms with Crippen molar-refractivity contribution in [2.45, 2.75) is 52.7 Å². The lowest BCUT2D eigenvalue weighted by atomic mass is 10.2. The average molecular weight is 272 g/mol. The highest BCUT2D eigenvalue weighted by Crippen LogP contribution is 2.14. The van der Waals surface area contributed by atoms with Crippen molar-refractivity contribution in [2.24, 2.45) is 0 Å². The van der Waals surface area contributed by atoms with Crippen molar-refractivity contribution in [1.29, 1.82) is 0 Å². The quantitative estimate of drug-likeness (QED) is 0.841. The zero-order valence-corrected chi connectivity index (χ0v) is 12.6. The van der Waals surface area contributed by atoms with Gasteiger partial charge in [-0.05, 0) is 38.0 Å². The molecule has 0 spiro atoms. The van der Waals surface area contributed by atoms with E-state index in [0.29, 0.717) is 6.04 Å². The summed E-state index contributed by atoms with van der Waals surface area (Å²) in [4.78, 5) is 4.48. The molecular weight excluding hydrogens is 248 g/mol. The Kier molecular flexibility index (Phi) is 5.30. The van der Waals surface area contributed by atoms with Crippen LogP contribution in [0.5, 0.6) is 0 Å². The van der Waals surface area contributed by atoms with Crippen molar-refractivity contribution in [3.63, 3.8) is 0 Å². The van der Waals surface area contributed by atoms with E-state index in [-0.39, 0.29) is 0 Å². The number of hydrogen-bond acceptors (Lipinski definition) is 3. The molecule has 108 valence electrons. The normalized spacial score (nSPS) is 11.2. The van der Waals surface area contributed by atoms with Crippen molar-refractivity contribution >= 4 is 0 Å². The second-order valence-electron chi connectivity index (χ2n) is 5.13. The van der Waals surface area contributed by atoms with Crippen LogP contribution in [0.2, 0.25) is 0 Å². The summed E-state index contributed by atoms with van der Waals surface area (Å²) in [6, 6.07) is 8.71. The molecule has 2 heterocycles. The second kappa shape index (κ2) is 7.20. The standard InChI is InChI=1S/C16H24N4/c1-4-16(5-2)20-10-9-15(19-20)12-17-11-14-8-6-7-13(3)18-14/h6-10,16-17H,4-5,11-12H2,1-3H3. The maximum absolute atomic E-state index is 4.63. The zero-order chi connectivity index (χ0) is 14.4. The maximum atomic E-state index is 4.63. The molecule has 4 nitrogen and oxygen atoms in total. The van der Waals surface area contributed by atoms with Crippen LogP contribution in [0.3, 0.4) is 0 Å². The Morgan fingerprint density at radius 2 is 1.85 bits per heavy atom. The van der Waals surface area contributed by atoms with Crippen LogP contribution in [0.4, 0.5) is 0 Å². The molecule has 0 aliphatic heterocycles. The molecule has 0 aliphatic rings. The molecule has 0 radical (unpaired) electrons. The van der Waals surface area contributed by atoms with Gasteiger partial charge in [0, 0.05) is 25.0 Å².